The van der Waals surface area contributed by atoms with Gasteiger partial charge < -0.3 is 15.0 Å². The van der Waals surface area contributed by atoms with Crippen molar-refractivity contribution in [2.75, 3.05) is 19.1 Å². The van der Waals surface area contributed by atoms with Gasteiger partial charge in [-0.15, -0.1) is 0 Å². The smallest absolute Gasteiger partial charge is 0.221 e. The summed E-state index contributed by atoms with van der Waals surface area (Å²) in [4.78, 5) is 14.8. The maximum Gasteiger partial charge on any atom is 0.221 e. The first-order chi connectivity index (χ1) is 9.87. The molecule has 2 aromatic rings. The van der Waals surface area contributed by atoms with E-state index in [4.69, 9.17) is 4.74 Å². The Morgan fingerprint density at radius 1 is 1.33 bits per heavy atom. The summed E-state index contributed by atoms with van der Waals surface area (Å²) in [6, 6.07) is 7.59. The van der Waals surface area contributed by atoms with Crippen LogP contribution in [0.5, 0.6) is 5.75 Å². The summed E-state index contributed by atoms with van der Waals surface area (Å²) in [5.41, 5.74) is 1.81. The molecule has 2 N–H and O–H groups in total. The minimum absolute atomic E-state index is 0.0209. The molecular formula is C14H18N2O4S. The molecule has 0 saturated carbocycles. The molecule has 2 rings (SSSR count). The van der Waals surface area contributed by atoms with Crippen molar-refractivity contribution in [2.45, 2.75) is 13.0 Å². The molecule has 7 heteroatoms. The Bertz CT molecular complexity index is 749. The van der Waals surface area contributed by atoms with Crippen molar-refractivity contribution < 1.29 is 17.9 Å². The number of H-pyrrole nitrogens is 1. The number of nitrogens with one attached hydrogen (secondary N) is 2. The average Bonchev–Trinajstić information content (AvgIpc) is 2.83. The van der Waals surface area contributed by atoms with Crippen molar-refractivity contribution >= 4 is 26.6 Å². The predicted octanol–water partition coefficient (Wildman–Crippen LogP) is 1.23. The highest BCUT2D eigenvalue weighted by molar-refractivity contribution is 7.90. The first-order valence-electron chi connectivity index (χ1n) is 6.47. The summed E-state index contributed by atoms with van der Waals surface area (Å²) in [5.74, 6) is 0.352. The van der Waals surface area contributed by atoms with E-state index in [1.165, 1.54) is 0 Å². The van der Waals surface area contributed by atoms with Crippen LogP contribution in [0.1, 0.15) is 12.1 Å². The Hall–Kier alpha value is -2.02. The fourth-order valence-corrected chi connectivity index (χ4v) is 2.51. The lowest BCUT2D eigenvalue weighted by Crippen LogP contribution is -2.25. The van der Waals surface area contributed by atoms with E-state index in [2.05, 4.69) is 10.3 Å². The van der Waals surface area contributed by atoms with Gasteiger partial charge in [0.2, 0.25) is 5.91 Å². The molecule has 0 atom stereocenters. The summed E-state index contributed by atoms with van der Waals surface area (Å²) in [6.07, 6.45) is 1.10. The topological polar surface area (TPSA) is 88.3 Å². The van der Waals surface area contributed by atoms with Gasteiger partial charge in [0.15, 0.2) is 0 Å². The molecule has 0 spiro atoms. The van der Waals surface area contributed by atoms with Gasteiger partial charge in [0.25, 0.3) is 0 Å². The zero-order valence-electron chi connectivity index (χ0n) is 12.0. The highest BCUT2D eigenvalue weighted by atomic mass is 32.2. The Morgan fingerprint density at radius 2 is 2.10 bits per heavy atom. The number of ether oxygens (including phenoxy) is 1. The fourth-order valence-electron chi connectivity index (χ4n) is 1.95. The number of hydrogen-bond donors (Lipinski definition) is 2. The van der Waals surface area contributed by atoms with E-state index in [1.54, 1.807) is 7.11 Å². The number of carbonyl (C=O) groups is 1. The molecule has 0 unspecified atom stereocenters. The van der Waals surface area contributed by atoms with Crippen LogP contribution >= 0.6 is 0 Å². The van der Waals surface area contributed by atoms with Gasteiger partial charge >= 0.3 is 0 Å². The summed E-state index contributed by atoms with van der Waals surface area (Å²) < 4.78 is 27.1. The third-order valence-corrected chi connectivity index (χ3v) is 4.01. The van der Waals surface area contributed by atoms with Crippen LogP contribution in [-0.4, -0.2) is 38.4 Å². The van der Waals surface area contributed by atoms with Crippen molar-refractivity contribution in [1.29, 1.82) is 0 Å². The van der Waals surface area contributed by atoms with E-state index in [1.807, 2.05) is 24.3 Å². The zero-order valence-corrected chi connectivity index (χ0v) is 12.8. The van der Waals surface area contributed by atoms with E-state index < -0.39 is 9.84 Å². The Morgan fingerprint density at radius 3 is 2.76 bits per heavy atom. The maximum absolute atomic E-state index is 11.6. The van der Waals surface area contributed by atoms with Crippen LogP contribution in [0.25, 0.3) is 10.9 Å². The van der Waals surface area contributed by atoms with Gasteiger partial charge in [-0.1, -0.05) is 0 Å². The lowest BCUT2D eigenvalue weighted by Gasteiger charge is -2.02. The summed E-state index contributed by atoms with van der Waals surface area (Å²) in [5, 5.41) is 3.69. The normalized spacial score (nSPS) is 11.5. The van der Waals surface area contributed by atoms with Gasteiger partial charge in [-0.05, 0) is 24.3 Å². The number of benzene rings is 1. The second-order valence-corrected chi connectivity index (χ2v) is 7.16. The number of aromatic nitrogens is 1. The summed E-state index contributed by atoms with van der Waals surface area (Å²) in [7, 11) is -1.51. The maximum atomic E-state index is 11.6. The third-order valence-electron chi connectivity index (χ3n) is 3.06. The van der Waals surface area contributed by atoms with Crippen molar-refractivity contribution in [1.82, 2.24) is 10.3 Å². The second-order valence-electron chi connectivity index (χ2n) is 4.90. The van der Waals surface area contributed by atoms with Crippen molar-refractivity contribution in [2.24, 2.45) is 0 Å². The zero-order chi connectivity index (χ0) is 15.5. The van der Waals surface area contributed by atoms with Crippen LogP contribution in [0.3, 0.4) is 0 Å². The third kappa shape index (κ3) is 4.49. The first-order valence-corrected chi connectivity index (χ1v) is 8.53. The van der Waals surface area contributed by atoms with Crippen molar-refractivity contribution in [3.8, 4) is 5.75 Å². The molecule has 0 radical (unpaired) electrons. The van der Waals surface area contributed by atoms with Gasteiger partial charge in [0.05, 0.1) is 19.4 Å². The highest BCUT2D eigenvalue weighted by Gasteiger charge is 2.08. The van der Waals surface area contributed by atoms with E-state index in [0.29, 0.717) is 6.54 Å². The van der Waals surface area contributed by atoms with Crippen LogP contribution in [0.2, 0.25) is 0 Å². The molecule has 0 bridgehead atoms. The molecule has 0 aliphatic heterocycles. The van der Waals surface area contributed by atoms with Crippen LogP contribution in [0.4, 0.5) is 0 Å². The Kier molecular flexibility index (Phi) is 4.52. The second kappa shape index (κ2) is 6.17. The average molecular weight is 310 g/mol. The number of carbonyl (C=O) groups excluding carboxylic acids is 1. The number of fused-ring (bicyclic) bond motifs is 1. The number of amides is 1. The van der Waals surface area contributed by atoms with E-state index in [0.717, 1.165) is 28.6 Å². The molecule has 1 aromatic carbocycles. The van der Waals surface area contributed by atoms with Crippen LogP contribution in [-0.2, 0) is 21.2 Å². The van der Waals surface area contributed by atoms with Crippen LogP contribution < -0.4 is 10.1 Å². The minimum atomic E-state index is -3.11. The number of methoxy groups -OCH3 is 1. The van der Waals surface area contributed by atoms with Gasteiger partial charge in [0.1, 0.15) is 15.6 Å². The molecule has 21 heavy (non-hydrogen) atoms. The Labute approximate surface area is 123 Å². The molecule has 0 aliphatic rings. The van der Waals surface area contributed by atoms with E-state index >= 15 is 0 Å². The van der Waals surface area contributed by atoms with E-state index in [9.17, 15) is 13.2 Å². The molecule has 1 aromatic heterocycles. The molecule has 6 nitrogen and oxygen atoms in total. The minimum Gasteiger partial charge on any atom is -0.497 e. The van der Waals surface area contributed by atoms with Crippen LogP contribution in [0.15, 0.2) is 24.3 Å². The van der Waals surface area contributed by atoms with Gasteiger partial charge in [-0.3, -0.25) is 4.79 Å². The Balaban J connectivity index is 1.95. The monoisotopic (exact) mass is 310 g/mol. The molecule has 1 heterocycles. The number of aromatic amines is 1. The highest BCUT2D eigenvalue weighted by Crippen LogP contribution is 2.21. The predicted molar refractivity (Wildman–Crippen MR) is 81.0 cm³/mol. The van der Waals surface area contributed by atoms with Crippen molar-refractivity contribution in [3.63, 3.8) is 0 Å². The lowest BCUT2D eigenvalue weighted by atomic mass is 10.2. The molecular weight excluding hydrogens is 292 g/mol. The molecule has 1 amide bonds. The van der Waals surface area contributed by atoms with E-state index in [-0.39, 0.29) is 18.1 Å². The largest absolute Gasteiger partial charge is 0.497 e. The first kappa shape index (κ1) is 15.4. The molecule has 0 fully saturated rings. The number of sulfone groups is 1. The number of rotatable bonds is 6. The summed E-state index contributed by atoms with van der Waals surface area (Å²) >= 11 is 0. The van der Waals surface area contributed by atoms with Gasteiger partial charge in [0, 0.05) is 29.3 Å². The lowest BCUT2D eigenvalue weighted by molar-refractivity contribution is -0.120. The summed E-state index contributed by atoms with van der Waals surface area (Å²) in [6.45, 7) is 0.333. The SMILES string of the molecule is COc1ccc2[nH]c(CNC(=O)CCS(C)(=O)=O)cc2c1. The standard InChI is InChI=1S/C14H18N2O4S/c1-20-12-3-4-13-10(8-12)7-11(16-13)9-15-14(17)5-6-21(2,18)19/h3-4,7-8,16H,5-6,9H2,1-2H3,(H,15,17). The molecule has 0 saturated heterocycles. The fraction of sp³-hybridized carbons (Fsp3) is 0.357. The molecule has 114 valence electrons. The molecule has 0 aliphatic carbocycles. The van der Waals surface area contributed by atoms with Crippen LogP contribution in [0, 0.1) is 0 Å². The number of hydrogen-bond acceptors (Lipinski definition) is 4. The van der Waals surface area contributed by atoms with Gasteiger partial charge in [-0.25, -0.2) is 8.42 Å². The van der Waals surface area contributed by atoms with Crippen molar-refractivity contribution in [3.05, 3.63) is 30.0 Å². The quantitative estimate of drug-likeness (QED) is 0.840. The van der Waals surface area contributed by atoms with Gasteiger partial charge in [-0.2, -0.15) is 0 Å².